The lowest BCUT2D eigenvalue weighted by Crippen LogP contribution is -2.17. The first-order chi connectivity index (χ1) is 10.8. The summed E-state index contributed by atoms with van der Waals surface area (Å²) < 4.78 is 17.7. The number of nitrogens with one attached hydrogen (secondary N) is 1. The van der Waals surface area contributed by atoms with E-state index in [0.717, 1.165) is 34.6 Å². The van der Waals surface area contributed by atoms with Crippen LogP contribution in [0.4, 0.5) is 0 Å². The maximum absolute atomic E-state index is 5.65. The number of methoxy groups -OCH3 is 1. The molecule has 0 aliphatic carbocycles. The Balaban J connectivity index is 1.67. The highest BCUT2D eigenvalue weighted by Crippen LogP contribution is 2.40. The summed E-state index contributed by atoms with van der Waals surface area (Å²) in [6.07, 6.45) is 0. The third kappa shape index (κ3) is 3.54. The summed E-state index contributed by atoms with van der Waals surface area (Å²) in [5.41, 5.74) is 2.34. The molecule has 0 saturated carbocycles. The zero-order valence-electron chi connectivity index (χ0n) is 12.4. The van der Waals surface area contributed by atoms with Crippen molar-refractivity contribution in [2.45, 2.75) is 13.1 Å². The first kappa shape index (κ1) is 15.2. The summed E-state index contributed by atoms with van der Waals surface area (Å²) in [5.74, 6) is 2.17. The Morgan fingerprint density at radius 1 is 1.09 bits per heavy atom. The standard InChI is InChI=1S/C17H18BrNO3/c1-20-15-8-13(9-16-17(15)22-6-5-21-16)11-19-10-12-3-2-4-14(18)7-12/h2-4,7-9,19H,5-6,10-11H2,1H3. The molecule has 0 saturated heterocycles. The van der Waals surface area contributed by atoms with Gasteiger partial charge in [0.15, 0.2) is 11.5 Å². The van der Waals surface area contributed by atoms with Gasteiger partial charge in [-0.25, -0.2) is 0 Å². The first-order valence-electron chi connectivity index (χ1n) is 7.18. The quantitative estimate of drug-likeness (QED) is 0.881. The van der Waals surface area contributed by atoms with E-state index in [0.29, 0.717) is 19.0 Å². The zero-order valence-corrected chi connectivity index (χ0v) is 14.0. The van der Waals surface area contributed by atoms with E-state index in [2.05, 4.69) is 33.4 Å². The van der Waals surface area contributed by atoms with E-state index in [1.807, 2.05) is 24.3 Å². The third-order valence-electron chi connectivity index (χ3n) is 3.44. The van der Waals surface area contributed by atoms with Crippen LogP contribution in [0.25, 0.3) is 0 Å². The van der Waals surface area contributed by atoms with E-state index in [-0.39, 0.29) is 0 Å². The molecular weight excluding hydrogens is 346 g/mol. The average Bonchev–Trinajstić information content (AvgIpc) is 2.54. The van der Waals surface area contributed by atoms with E-state index < -0.39 is 0 Å². The lowest BCUT2D eigenvalue weighted by atomic mass is 10.1. The number of rotatable bonds is 5. The van der Waals surface area contributed by atoms with Gasteiger partial charge in [0.25, 0.3) is 0 Å². The number of fused-ring (bicyclic) bond motifs is 1. The molecule has 116 valence electrons. The molecule has 2 aromatic rings. The summed E-state index contributed by atoms with van der Waals surface area (Å²) >= 11 is 3.48. The van der Waals surface area contributed by atoms with Gasteiger partial charge in [-0.3, -0.25) is 0 Å². The van der Waals surface area contributed by atoms with Gasteiger partial charge in [0, 0.05) is 17.6 Å². The second-order valence-corrected chi connectivity index (χ2v) is 5.97. The number of halogens is 1. The molecule has 0 atom stereocenters. The van der Waals surface area contributed by atoms with Gasteiger partial charge in [0.05, 0.1) is 7.11 Å². The molecule has 0 bridgehead atoms. The molecule has 0 amide bonds. The van der Waals surface area contributed by atoms with Crippen molar-refractivity contribution < 1.29 is 14.2 Å². The fourth-order valence-corrected chi connectivity index (χ4v) is 2.87. The molecule has 0 unspecified atom stereocenters. The predicted molar refractivity (Wildman–Crippen MR) is 88.7 cm³/mol. The van der Waals surface area contributed by atoms with Crippen molar-refractivity contribution in [3.05, 3.63) is 52.0 Å². The van der Waals surface area contributed by atoms with Crippen LogP contribution < -0.4 is 19.5 Å². The Hall–Kier alpha value is -1.72. The van der Waals surface area contributed by atoms with E-state index in [4.69, 9.17) is 14.2 Å². The van der Waals surface area contributed by atoms with Gasteiger partial charge in [-0.15, -0.1) is 0 Å². The largest absolute Gasteiger partial charge is 0.493 e. The average molecular weight is 364 g/mol. The summed E-state index contributed by atoms with van der Waals surface area (Å²) in [6, 6.07) is 12.3. The lowest BCUT2D eigenvalue weighted by Gasteiger charge is -2.21. The molecule has 2 aromatic carbocycles. The normalized spacial score (nSPS) is 13.0. The Morgan fingerprint density at radius 2 is 1.91 bits per heavy atom. The minimum Gasteiger partial charge on any atom is -0.493 e. The van der Waals surface area contributed by atoms with E-state index in [9.17, 15) is 0 Å². The summed E-state index contributed by atoms with van der Waals surface area (Å²) in [4.78, 5) is 0. The van der Waals surface area contributed by atoms with Gasteiger partial charge < -0.3 is 19.5 Å². The molecule has 0 spiro atoms. The molecule has 5 heteroatoms. The van der Waals surface area contributed by atoms with Crippen molar-refractivity contribution >= 4 is 15.9 Å². The van der Waals surface area contributed by atoms with E-state index >= 15 is 0 Å². The van der Waals surface area contributed by atoms with Gasteiger partial charge in [-0.05, 0) is 35.4 Å². The molecule has 0 fully saturated rings. The molecule has 4 nitrogen and oxygen atoms in total. The van der Waals surface area contributed by atoms with Crippen LogP contribution in [0.3, 0.4) is 0 Å². The molecule has 1 aliphatic rings. The Kier molecular flexibility index (Phi) is 4.85. The summed E-state index contributed by atoms with van der Waals surface area (Å²) in [5, 5.41) is 3.43. The van der Waals surface area contributed by atoms with Crippen molar-refractivity contribution in [1.29, 1.82) is 0 Å². The number of benzene rings is 2. The van der Waals surface area contributed by atoms with Crippen molar-refractivity contribution in [1.82, 2.24) is 5.32 Å². The van der Waals surface area contributed by atoms with Crippen LogP contribution in [0.1, 0.15) is 11.1 Å². The SMILES string of the molecule is COc1cc(CNCc2cccc(Br)c2)cc2c1OCCO2. The summed E-state index contributed by atoms with van der Waals surface area (Å²) in [6.45, 7) is 2.67. The Bertz CT molecular complexity index is 643. The minimum absolute atomic E-state index is 0.559. The van der Waals surface area contributed by atoms with Gasteiger partial charge in [-0.2, -0.15) is 0 Å². The Morgan fingerprint density at radius 3 is 2.73 bits per heavy atom. The van der Waals surface area contributed by atoms with Gasteiger partial charge in [-0.1, -0.05) is 28.1 Å². The van der Waals surface area contributed by atoms with Crippen LogP contribution in [0.15, 0.2) is 40.9 Å². The van der Waals surface area contributed by atoms with Gasteiger partial charge in [0.1, 0.15) is 13.2 Å². The highest BCUT2D eigenvalue weighted by Gasteiger charge is 2.18. The van der Waals surface area contributed by atoms with Crippen LogP contribution >= 0.6 is 15.9 Å². The lowest BCUT2D eigenvalue weighted by molar-refractivity contribution is 0.165. The second kappa shape index (κ2) is 7.03. The van der Waals surface area contributed by atoms with Crippen molar-refractivity contribution in [2.75, 3.05) is 20.3 Å². The smallest absolute Gasteiger partial charge is 0.203 e. The minimum atomic E-state index is 0.559. The molecular formula is C17H18BrNO3. The summed E-state index contributed by atoms with van der Waals surface area (Å²) in [7, 11) is 1.65. The molecule has 1 heterocycles. The van der Waals surface area contributed by atoms with E-state index in [1.54, 1.807) is 7.11 Å². The van der Waals surface area contributed by atoms with Crippen LogP contribution in [0.2, 0.25) is 0 Å². The topological polar surface area (TPSA) is 39.7 Å². The predicted octanol–water partition coefficient (Wildman–Crippen LogP) is 3.52. The van der Waals surface area contributed by atoms with Crippen LogP contribution in [0.5, 0.6) is 17.2 Å². The maximum Gasteiger partial charge on any atom is 0.203 e. The molecule has 1 aliphatic heterocycles. The van der Waals surface area contributed by atoms with Crippen molar-refractivity contribution in [3.8, 4) is 17.2 Å². The molecule has 3 rings (SSSR count). The van der Waals surface area contributed by atoms with Crippen LogP contribution in [0, 0.1) is 0 Å². The molecule has 0 radical (unpaired) electrons. The molecule has 1 N–H and O–H groups in total. The Labute approximate surface area is 138 Å². The third-order valence-corrected chi connectivity index (χ3v) is 3.93. The highest BCUT2D eigenvalue weighted by atomic mass is 79.9. The van der Waals surface area contributed by atoms with Gasteiger partial charge in [0.2, 0.25) is 5.75 Å². The van der Waals surface area contributed by atoms with E-state index in [1.165, 1.54) is 5.56 Å². The van der Waals surface area contributed by atoms with Crippen LogP contribution in [-0.4, -0.2) is 20.3 Å². The highest BCUT2D eigenvalue weighted by molar-refractivity contribution is 9.10. The monoisotopic (exact) mass is 363 g/mol. The van der Waals surface area contributed by atoms with Crippen molar-refractivity contribution in [3.63, 3.8) is 0 Å². The maximum atomic E-state index is 5.65. The first-order valence-corrected chi connectivity index (χ1v) is 7.97. The number of hydrogen-bond donors (Lipinski definition) is 1. The van der Waals surface area contributed by atoms with Crippen molar-refractivity contribution in [2.24, 2.45) is 0 Å². The molecule has 0 aromatic heterocycles. The zero-order chi connectivity index (χ0) is 15.4. The fraction of sp³-hybridized carbons (Fsp3) is 0.294. The molecule has 22 heavy (non-hydrogen) atoms. The number of ether oxygens (including phenoxy) is 3. The number of hydrogen-bond acceptors (Lipinski definition) is 4. The van der Waals surface area contributed by atoms with Gasteiger partial charge >= 0.3 is 0 Å². The fourth-order valence-electron chi connectivity index (χ4n) is 2.43. The second-order valence-electron chi connectivity index (χ2n) is 5.06. The van der Waals surface area contributed by atoms with Crippen LogP contribution in [-0.2, 0) is 13.1 Å².